The monoisotopic (exact) mass is 316 g/mol. The first-order valence-corrected chi connectivity index (χ1v) is 7.90. The van der Waals surface area contributed by atoms with E-state index in [-0.39, 0.29) is 0 Å². The van der Waals surface area contributed by atoms with Crippen LogP contribution in [-0.2, 0) is 14.3 Å². The van der Waals surface area contributed by atoms with Gasteiger partial charge in [-0.2, -0.15) is 5.26 Å². The predicted octanol–water partition coefficient (Wildman–Crippen LogP) is 2.10. The molecule has 0 aromatic heterocycles. The van der Waals surface area contributed by atoms with Gasteiger partial charge in [-0.05, 0) is 24.3 Å². The molecule has 1 aromatic carbocycles. The highest BCUT2D eigenvalue weighted by molar-refractivity contribution is 8.02. The molecule has 1 aliphatic rings. The predicted molar refractivity (Wildman–Crippen MR) is 83.7 cm³/mol. The molecule has 0 aliphatic carbocycles. The molecule has 5 nitrogen and oxygen atoms in total. The highest BCUT2D eigenvalue weighted by Gasteiger charge is 2.44. The molecule has 1 heterocycles. The number of methoxy groups -OCH3 is 1. The maximum Gasteiger partial charge on any atom is 0.319 e. The Morgan fingerprint density at radius 1 is 1.41 bits per heavy atom. The molecule has 0 bridgehead atoms. The molecule has 0 saturated heterocycles. The average molecular weight is 316 g/mol. The van der Waals surface area contributed by atoms with Crippen LogP contribution in [0, 0.1) is 24.2 Å². The summed E-state index contributed by atoms with van der Waals surface area (Å²) in [6, 6.07) is 9.58. The summed E-state index contributed by atoms with van der Waals surface area (Å²) >= 11 is 1.28. The molecular formula is C16H16N2O3S. The van der Waals surface area contributed by atoms with Crippen LogP contribution in [0.4, 0.5) is 0 Å². The number of carbonyl (C=O) groups is 2. The van der Waals surface area contributed by atoms with E-state index in [1.54, 1.807) is 6.26 Å². The zero-order chi connectivity index (χ0) is 16.3. The number of carbonyl (C=O) groups excluding carboxylic acids is 2. The van der Waals surface area contributed by atoms with Crippen molar-refractivity contribution in [2.75, 3.05) is 13.4 Å². The first-order chi connectivity index (χ1) is 10.5. The normalized spacial score (nSPS) is 21.1. The van der Waals surface area contributed by atoms with E-state index < -0.39 is 23.7 Å². The molecule has 0 spiro atoms. The Kier molecular flexibility index (Phi) is 4.88. The smallest absolute Gasteiger partial charge is 0.319 e. The van der Waals surface area contributed by atoms with Gasteiger partial charge in [0.05, 0.1) is 23.8 Å². The number of nitrogens with zero attached hydrogens (tertiary/aromatic N) is 1. The third kappa shape index (κ3) is 2.72. The van der Waals surface area contributed by atoms with E-state index in [4.69, 9.17) is 4.74 Å². The first kappa shape index (κ1) is 16.1. The Balaban J connectivity index is 2.69. The Hall–Kier alpha value is -2.26. The fourth-order valence-electron chi connectivity index (χ4n) is 2.64. The summed E-state index contributed by atoms with van der Waals surface area (Å²) in [5.74, 6) is -2.77. The lowest BCUT2D eigenvalue weighted by atomic mass is 9.77. The summed E-state index contributed by atoms with van der Waals surface area (Å²) in [5, 5.41) is 12.7. The summed E-state index contributed by atoms with van der Waals surface area (Å²) in [6.45, 7) is 1.89. The largest absolute Gasteiger partial charge is 0.468 e. The molecule has 22 heavy (non-hydrogen) atoms. The van der Waals surface area contributed by atoms with Gasteiger partial charge in [-0.25, -0.2) is 0 Å². The second kappa shape index (κ2) is 6.67. The van der Waals surface area contributed by atoms with E-state index >= 15 is 0 Å². The summed E-state index contributed by atoms with van der Waals surface area (Å²) in [6.07, 6.45) is 1.78. The minimum Gasteiger partial charge on any atom is -0.468 e. The molecule has 1 aliphatic heterocycles. The van der Waals surface area contributed by atoms with Gasteiger partial charge < -0.3 is 10.1 Å². The highest BCUT2D eigenvalue weighted by atomic mass is 32.2. The van der Waals surface area contributed by atoms with Crippen molar-refractivity contribution in [2.24, 2.45) is 5.92 Å². The number of thioether (sulfide) groups is 1. The fraction of sp³-hybridized carbons (Fsp3) is 0.312. The van der Waals surface area contributed by atoms with Gasteiger partial charge in [0.15, 0.2) is 0 Å². The third-order valence-electron chi connectivity index (χ3n) is 3.71. The van der Waals surface area contributed by atoms with Gasteiger partial charge in [-0.15, -0.1) is 11.8 Å². The number of rotatable bonds is 3. The molecule has 1 N–H and O–H groups in total. The van der Waals surface area contributed by atoms with Crippen LogP contribution in [0.15, 0.2) is 34.9 Å². The molecule has 0 radical (unpaired) electrons. The van der Waals surface area contributed by atoms with Crippen LogP contribution >= 0.6 is 11.8 Å². The fourth-order valence-corrected chi connectivity index (χ4v) is 3.23. The minimum atomic E-state index is -1.06. The number of hydrogen-bond donors (Lipinski definition) is 1. The van der Waals surface area contributed by atoms with Gasteiger partial charge in [0, 0.05) is 5.92 Å². The van der Waals surface area contributed by atoms with Crippen LogP contribution in [0.3, 0.4) is 0 Å². The zero-order valence-corrected chi connectivity index (χ0v) is 13.4. The summed E-state index contributed by atoms with van der Waals surface area (Å²) in [7, 11) is 1.24. The van der Waals surface area contributed by atoms with Gasteiger partial charge in [0.2, 0.25) is 5.91 Å². The zero-order valence-electron chi connectivity index (χ0n) is 12.5. The maximum absolute atomic E-state index is 12.4. The van der Waals surface area contributed by atoms with Crippen LogP contribution in [0.25, 0.3) is 0 Å². The molecule has 0 fully saturated rings. The van der Waals surface area contributed by atoms with Crippen LogP contribution < -0.4 is 5.32 Å². The molecule has 2 atom stereocenters. The van der Waals surface area contributed by atoms with Gasteiger partial charge >= 0.3 is 5.97 Å². The molecule has 1 aromatic rings. The van der Waals surface area contributed by atoms with E-state index in [1.807, 2.05) is 31.2 Å². The number of benzene rings is 1. The molecule has 2 rings (SSSR count). The summed E-state index contributed by atoms with van der Waals surface area (Å²) in [4.78, 5) is 24.5. The van der Waals surface area contributed by atoms with Crippen LogP contribution in [0.2, 0.25) is 0 Å². The molecule has 6 heteroatoms. The SMILES string of the molecule is COC(=O)C1C(=O)NC(SC)=C(C#N)C1c1ccccc1C. The molecule has 2 unspecified atom stereocenters. The maximum atomic E-state index is 12.4. The third-order valence-corrected chi connectivity index (χ3v) is 4.44. The Bertz CT molecular complexity index is 691. The Morgan fingerprint density at radius 2 is 2.09 bits per heavy atom. The van der Waals surface area contributed by atoms with Crippen molar-refractivity contribution in [1.82, 2.24) is 5.32 Å². The minimum absolute atomic E-state index is 0.386. The van der Waals surface area contributed by atoms with E-state index in [9.17, 15) is 14.9 Å². The van der Waals surface area contributed by atoms with E-state index in [0.717, 1.165) is 11.1 Å². The van der Waals surface area contributed by atoms with Crippen molar-refractivity contribution in [3.8, 4) is 6.07 Å². The first-order valence-electron chi connectivity index (χ1n) is 6.67. The molecule has 0 saturated carbocycles. The number of hydrogen-bond acceptors (Lipinski definition) is 5. The van der Waals surface area contributed by atoms with Gasteiger partial charge in [-0.1, -0.05) is 24.3 Å². The second-order valence-corrected chi connectivity index (χ2v) is 5.70. The summed E-state index contributed by atoms with van der Waals surface area (Å²) < 4.78 is 4.77. The standard InChI is InChI=1S/C16H16N2O3S/c1-9-6-4-5-7-10(9)12-11(8-17)15(22-3)18-14(19)13(12)16(20)21-2/h4-7,12-13H,1-3H3,(H,18,19). The lowest BCUT2D eigenvalue weighted by Crippen LogP contribution is -2.44. The number of nitrogens with one attached hydrogen (secondary N) is 1. The van der Waals surface area contributed by atoms with Crippen molar-refractivity contribution in [1.29, 1.82) is 5.26 Å². The average Bonchev–Trinajstić information content (AvgIpc) is 2.53. The summed E-state index contributed by atoms with van der Waals surface area (Å²) in [5.41, 5.74) is 2.09. The number of ether oxygens (including phenoxy) is 1. The number of nitriles is 1. The molecular weight excluding hydrogens is 300 g/mol. The van der Waals surface area contributed by atoms with Crippen molar-refractivity contribution in [2.45, 2.75) is 12.8 Å². The van der Waals surface area contributed by atoms with E-state index in [2.05, 4.69) is 11.4 Å². The van der Waals surface area contributed by atoms with Crippen molar-refractivity contribution in [3.05, 3.63) is 46.0 Å². The Morgan fingerprint density at radius 3 is 2.64 bits per heavy atom. The van der Waals surface area contributed by atoms with Crippen LogP contribution in [0.1, 0.15) is 17.0 Å². The highest BCUT2D eigenvalue weighted by Crippen LogP contribution is 2.40. The van der Waals surface area contributed by atoms with Crippen LogP contribution in [0.5, 0.6) is 0 Å². The van der Waals surface area contributed by atoms with Crippen molar-refractivity contribution < 1.29 is 14.3 Å². The lowest BCUT2D eigenvalue weighted by molar-refractivity contribution is -0.150. The number of aryl methyl sites for hydroxylation is 1. The van der Waals surface area contributed by atoms with E-state index in [1.165, 1.54) is 18.9 Å². The quantitative estimate of drug-likeness (QED) is 0.682. The number of amides is 1. The van der Waals surface area contributed by atoms with E-state index in [0.29, 0.717) is 10.6 Å². The molecule has 114 valence electrons. The molecule has 1 amide bonds. The van der Waals surface area contributed by atoms with Crippen molar-refractivity contribution >= 4 is 23.6 Å². The number of allylic oxidation sites excluding steroid dienone is 1. The second-order valence-electron chi connectivity index (χ2n) is 4.88. The van der Waals surface area contributed by atoms with Crippen LogP contribution in [-0.4, -0.2) is 25.2 Å². The number of esters is 1. The van der Waals surface area contributed by atoms with Crippen molar-refractivity contribution in [3.63, 3.8) is 0 Å². The topological polar surface area (TPSA) is 79.2 Å². The van der Waals surface area contributed by atoms with Gasteiger partial charge in [0.1, 0.15) is 5.92 Å². The Labute approximate surface area is 133 Å². The van der Waals surface area contributed by atoms with Gasteiger partial charge in [0.25, 0.3) is 0 Å². The van der Waals surface area contributed by atoms with Gasteiger partial charge in [-0.3, -0.25) is 9.59 Å². The lowest BCUT2D eigenvalue weighted by Gasteiger charge is -2.31.